The molecule has 0 aliphatic rings. The van der Waals surface area contributed by atoms with E-state index in [1.807, 2.05) is 0 Å². The molecule has 2 atom stereocenters. The number of aliphatic hydroxyl groups excluding tert-OH is 1. The van der Waals surface area contributed by atoms with Gasteiger partial charge >= 0.3 is 0 Å². The maximum Gasteiger partial charge on any atom is 0.0954 e. The van der Waals surface area contributed by atoms with Gasteiger partial charge in [0, 0.05) is 24.4 Å². The van der Waals surface area contributed by atoms with E-state index in [0.717, 1.165) is 18.7 Å². The first-order chi connectivity index (χ1) is 8.04. The molecule has 17 heavy (non-hydrogen) atoms. The lowest BCUT2D eigenvalue weighted by atomic mass is 10.0. The molecule has 0 amide bonds. The van der Waals surface area contributed by atoms with Crippen LogP contribution in [0.1, 0.15) is 50.7 Å². The van der Waals surface area contributed by atoms with Crippen LogP contribution in [0.15, 0.2) is 5.38 Å². The zero-order chi connectivity index (χ0) is 12.8. The van der Waals surface area contributed by atoms with Crippen LogP contribution in [0.3, 0.4) is 0 Å². The number of nitrogens with one attached hydrogen (secondary N) is 1. The van der Waals surface area contributed by atoms with Gasteiger partial charge in [-0.1, -0.05) is 34.1 Å². The highest BCUT2D eigenvalue weighted by Crippen LogP contribution is 2.18. The van der Waals surface area contributed by atoms with Crippen LogP contribution in [0.5, 0.6) is 0 Å². The van der Waals surface area contributed by atoms with Gasteiger partial charge in [-0.05, 0) is 5.92 Å². The van der Waals surface area contributed by atoms with Crippen molar-refractivity contribution in [2.75, 3.05) is 6.54 Å². The zero-order valence-electron chi connectivity index (χ0n) is 11.2. The predicted molar refractivity (Wildman–Crippen MR) is 73.4 cm³/mol. The molecular weight excluding hydrogens is 232 g/mol. The molecule has 0 aromatic carbocycles. The second-order valence-electron chi connectivity index (χ2n) is 4.92. The van der Waals surface area contributed by atoms with Gasteiger partial charge in [0.25, 0.3) is 0 Å². The Morgan fingerprint density at radius 3 is 2.65 bits per heavy atom. The summed E-state index contributed by atoms with van der Waals surface area (Å²) in [6, 6.07) is 0. The van der Waals surface area contributed by atoms with Crippen LogP contribution in [-0.2, 0) is 6.54 Å². The lowest BCUT2D eigenvalue weighted by Crippen LogP contribution is -2.31. The summed E-state index contributed by atoms with van der Waals surface area (Å²) in [5, 5.41) is 16.4. The highest BCUT2D eigenvalue weighted by molar-refractivity contribution is 7.09. The summed E-state index contributed by atoms with van der Waals surface area (Å²) in [4.78, 5) is 4.55. The van der Waals surface area contributed by atoms with Crippen LogP contribution in [-0.4, -0.2) is 22.7 Å². The Kier molecular flexibility index (Phi) is 6.09. The van der Waals surface area contributed by atoms with Crippen molar-refractivity contribution in [2.24, 2.45) is 5.92 Å². The van der Waals surface area contributed by atoms with Crippen LogP contribution >= 0.6 is 11.3 Å². The lowest BCUT2D eigenvalue weighted by Gasteiger charge is -2.17. The number of thiazole rings is 1. The Bertz CT molecular complexity index is 325. The molecule has 0 bridgehead atoms. The zero-order valence-corrected chi connectivity index (χ0v) is 12.0. The molecule has 0 saturated carbocycles. The first-order valence-electron chi connectivity index (χ1n) is 6.37. The Morgan fingerprint density at radius 2 is 2.12 bits per heavy atom. The van der Waals surface area contributed by atoms with E-state index in [-0.39, 0.29) is 6.10 Å². The van der Waals surface area contributed by atoms with Gasteiger partial charge in [-0.25, -0.2) is 4.98 Å². The minimum Gasteiger partial charge on any atom is -0.392 e. The van der Waals surface area contributed by atoms with Crippen molar-refractivity contribution >= 4 is 11.3 Å². The summed E-state index contributed by atoms with van der Waals surface area (Å²) in [6.07, 6.45) is 0.750. The smallest absolute Gasteiger partial charge is 0.0954 e. The molecule has 2 unspecified atom stereocenters. The summed E-state index contributed by atoms with van der Waals surface area (Å²) >= 11 is 1.71. The fraction of sp³-hybridized carbons (Fsp3) is 0.769. The third-order valence-corrected chi connectivity index (χ3v) is 4.22. The van der Waals surface area contributed by atoms with Crippen molar-refractivity contribution in [2.45, 2.75) is 52.7 Å². The molecule has 1 aromatic heterocycles. The van der Waals surface area contributed by atoms with Crippen LogP contribution in [0, 0.1) is 5.92 Å². The quantitative estimate of drug-likeness (QED) is 0.788. The number of hydrogen-bond donors (Lipinski definition) is 2. The van der Waals surface area contributed by atoms with Gasteiger partial charge in [-0.3, -0.25) is 0 Å². The summed E-state index contributed by atoms with van der Waals surface area (Å²) in [7, 11) is 0. The van der Waals surface area contributed by atoms with E-state index in [2.05, 4.69) is 43.4 Å². The van der Waals surface area contributed by atoms with Gasteiger partial charge in [-0.2, -0.15) is 0 Å². The van der Waals surface area contributed by atoms with E-state index in [9.17, 15) is 5.11 Å². The number of nitrogens with zero attached hydrogens (tertiary/aromatic N) is 1. The highest BCUT2D eigenvalue weighted by atomic mass is 32.1. The first kappa shape index (κ1) is 14.6. The van der Waals surface area contributed by atoms with Crippen molar-refractivity contribution in [3.05, 3.63) is 16.1 Å². The van der Waals surface area contributed by atoms with Crippen molar-refractivity contribution in [3.8, 4) is 0 Å². The van der Waals surface area contributed by atoms with Gasteiger partial charge in [0.05, 0.1) is 16.8 Å². The molecule has 1 rings (SSSR count). The number of rotatable bonds is 7. The number of aromatic nitrogens is 1. The van der Waals surface area contributed by atoms with Gasteiger partial charge < -0.3 is 10.4 Å². The minimum atomic E-state index is -0.261. The third kappa shape index (κ3) is 4.74. The highest BCUT2D eigenvalue weighted by Gasteiger charge is 2.12. The van der Waals surface area contributed by atoms with E-state index in [4.69, 9.17) is 0 Å². The van der Waals surface area contributed by atoms with Crippen molar-refractivity contribution in [1.29, 1.82) is 0 Å². The minimum absolute atomic E-state index is 0.261. The SMILES string of the molecule is CCC(C)C(O)CNCc1csc(C(C)C)n1. The fourth-order valence-corrected chi connectivity index (χ4v) is 2.33. The Labute approximate surface area is 108 Å². The van der Waals surface area contributed by atoms with Crippen LogP contribution in [0.2, 0.25) is 0 Å². The van der Waals surface area contributed by atoms with Crippen LogP contribution in [0.25, 0.3) is 0 Å². The molecule has 98 valence electrons. The molecule has 0 aliphatic carbocycles. The molecule has 0 saturated heterocycles. The van der Waals surface area contributed by atoms with E-state index in [0.29, 0.717) is 18.4 Å². The van der Waals surface area contributed by atoms with Gasteiger partial charge in [0.1, 0.15) is 0 Å². The van der Waals surface area contributed by atoms with Crippen LogP contribution in [0.4, 0.5) is 0 Å². The van der Waals surface area contributed by atoms with E-state index in [1.54, 1.807) is 11.3 Å². The fourth-order valence-electron chi connectivity index (χ4n) is 1.49. The molecule has 2 N–H and O–H groups in total. The van der Waals surface area contributed by atoms with Gasteiger partial charge in [-0.15, -0.1) is 11.3 Å². The summed E-state index contributed by atoms with van der Waals surface area (Å²) in [5.41, 5.74) is 1.08. The Morgan fingerprint density at radius 1 is 1.41 bits per heavy atom. The van der Waals surface area contributed by atoms with E-state index < -0.39 is 0 Å². The lowest BCUT2D eigenvalue weighted by molar-refractivity contribution is 0.112. The van der Waals surface area contributed by atoms with Gasteiger partial charge in [0.2, 0.25) is 0 Å². The predicted octanol–water partition coefficient (Wildman–Crippen LogP) is 2.76. The average molecular weight is 256 g/mol. The van der Waals surface area contributed by atoms with Crippen molar-refractivity contribution in [3.63, 3.8) is 0 Å². The van der Waals surface area contributed by atoms with Crippen LogP contribution < -0.4 is 5.32 Å². The molecule has 1 heterocycles. The summed E-state index contributed by atoms with van der Waals surface area (Å²) < 4.78 is 0. The second-order valence-corrected chi connectivity index (χ2v) is 5.81. The molecule has 0 aliphatic heterocycles. The molecule has 3 nitrogen and oxygen atoms in total. The van der Waals surface area contributed by atoms with E-state index >= 15 is 0 Å². The standard InChI is InChI=1S/C13H24N2OS/c1-5-10(4)12(16)7-14-6-11-8-17-13(15-11)9(2)3/h8-10,12,14,16H,5-7H2,1-4H3. The second kappa shape index (κ2) is 7.09. The maximum atomic E-state index is 9.81. The average Bonchev–Trinajstić information content (AvgIpc) is 2.76. The normalized spacial score (nSPS) is 15.2. The molecule has 0 fully saturated rings. The third-order valence-electron chi connectivity index (χ3n) is 3.02. The largest absolute Gasteiger partial charge is 0.392 e. The summed E-state index contributed by atoms with van der Waals surface area (Å²) in [5.74, 6) is 0.851. The molecule has 4 heteroatoms. The molecule has 0 radical (unpaired) electrons. The summed E-state index contributed by atoms with van der Waals surface area (Å²) in [6.45, 7) is 9.88. The number of aliphatic hydroxyl groups is 1. The topological polar surface area (TPSA) is 45.1 Å². The first-order valence-corrected chi connectivity index (χ1v) is 7.25. The molecular formula is C13H24N2OS. The van der Waals surface area contributed by atoms with E-state index in [1.165, 1.54) is 5.01 Å². The monoisotopic (exact) mass is 256 g/mol. The van der Waals surface area contributed by atoms with Crippen molar-refractivity contribution in [1.82, 2.24) is 10.3 Å². The molecule has 0 spiro atoms. The van der Waals surface area contributed by atoms with Gasteiger partial charge in [0.15, 0.2) is 0 Å². The Hall–Kier alpha value is -0.450. The van der Waals surface area contributed by atoms with Crippen molar-refractivity contribution < 1.29 is 5.11 Å². The number of hydrogen-bond acceptors (Lipinski definition) is 4. The maximum absolute atomic E-state index is 9.81. The molecule has 1 aromatic rings. The Balaban J connectivity index is 2.30.